The molecular formula is C32H37F2N9O2. The van der Waals surface area contributed by atoms with Crippen molar-refractivity contribution in [1.29, 1.82) is 0 Å². The van der Waals surface area contributed by atoms with Gasteiger partial charge in [-0.1, -0.05) is 30.8 Å². The molecule has 13 heteroatoms. The van der Waals surface area contributed by atoms with Crippen molar-refractivity contribution in [3.63, 3.8) is 0 Å². The SMILES string of the molecule is C=C(Nc1ccc(C)c(Nc2cc(C(=O)NC)nn2-c2cc(NCCN3CCOCC3)ncn2)c1)c1cccc(C(C)(F)F)c1. The molecule has 236 valence electrons. The predicted molar refractivity (Wildman–Crippen MR) is 171 cm³/mol. The van der Waals surface area contributed by atoms with E-state index in [0.717, 1.165) is 51.0 Å². The normalized spacial score (nSPS) is 13.7. The van der Waals surface area contributed by atoms with Crippen LogP contribution in [-0.2, 0) is 10.7 Å². The number of morpholine rings is 1. The summed E-state index contributed by atoms with van der Waals surface area (Å²) in [6.45, 7) is 11.7. The van der Waals surface area contributed by atoms with Crippen molar-refractivity contribution in [1.82, 2.24) is 30.0 Å². The zero-order valence-electron chi connectivity index (χ0n) is 25.5. The molecule has 0 atom stereocenters. The minimum atomic E-state index is -2.96. The summed E-state index contributed by atoms with van der Waals surface area (Å²) in [5, 5.41) is 17.1. The van der Waals surface area contributed by atoms with Gasteiger partial charge in [-0.25, -0.2) is 18.7 Å². The third-order valence-corrected chi connectivity index (χ3v) is 7.39. The van der Waals surface area contributed by atoms with Crippen molar-refractivity contribution in [3.05, 3.63) is 89.9 Å². The van der Waals surface area contributed by atoms with Crippen LogP contribution in [0.2, 0.25) is 0 Å². The zero-order valence-corrected chi connectivity index (χ0v) is 25.5. The number of nitrogens with zero attached hydrogens (tertiary/aromatic N) is 5. The monoisotopic (exact) mass is 617 g/mol. The minimum Gasteiger partial charge on any atom is -0.379 e. The quantitative estimate of drug-likeness (QED) is 0.174. The Morgan fingerprint density at radius 1 is 1.09 bits per heavy atom. The van der Waals surface area contributed by atoms with Crippen LogP contribution in [0.15, 0.2) is 67.5 Å². The Morgan fingerprint density at radius 3 is 2.64 bits per heavy atom. The highest BCUT2D eigenvalue weighted by atomic mass is 19.3. The van der Waals surface area contributed by atoms with Crippen molar-refractivity contribution >= 4 is 34.6 Å². The Labute approximate surface area is 260 Å². The molecule has 11 nitrogen and oxygen atoms in total. The van der Waals surface area contributed by atoms with Crippen LogP contribution < -0.4 is 21.3 Å². The highest BCUT2D eigenvalue weighted by molar-refractivity contribution is 5.93. The zero-order chi connectivity index (χ0) is 32.0. The number of nitrogens with one attached hydrogen (secondary N) is 4. The number of carbonyl (C=O) groups excluding carboxylic acids is 1. The fourth-order valence-corrected chi connectivity index (χ4v) is 4.81. The second kappa shape index (κ2) is 13.8. The van der Waals surface area contributed by atoms with Crippen LogP contribution in [0.4, 0.5) is 31.8 Å². The van der Waals surface area contributed by atoms with Gasteiger partial charge in [0.25, 0.3) is 11.8 Å². The van der Waals surface area contributed by atoms with Gasteiger partial charge in [0.2, 0.25) is 0 Å². The van der Waals surface area contributed by atoms with E-state index in [1.165, 1.54) is 18.5 Å². The molecule has 0 unspecified atom stereocenters. The number of ether oxygens (including phenoxy) is 1. The third kappa shape index (κ3) is 7.99. The fourth-order valence-electron chi connectivity index (χ4n) is 4.81. The van der Waals surface area contributed by atoms with E-state index in [2.05, 4.69) is 47.8 Å². The molecule has 4 N–H and O–H groups in total. The van der Waals surface area contributed by atoms with Gasteiger partial charge in [-0.15, -0.1) is 0 Å². The Balaban J connectivity index is 1.36. The van der Waals surface area contributed by atoms with Crippen LogP contribution in [0, 0.1) is 6.92 Å². The molecule has 5 rings (SSSR count). The average molecular weight is 618 g/mol. The maximum Gasteiger partial charge on any atom is 0.271 e. The lowest BCUT2D eigenvalue weighted by Gasteiger charge is -2.26. The largest absolute Gasteiger partial charge is 0.379 e. The number of halogens is 2. The van der Waals surface area contributed by atoms with Gasteiger partial charge in [-0.2, -0.15) is 9.78 Å². The molecule has 4 aromatic rings. The topological polar surface area (TPSA) is 121 Å². The van der Waals surface area contributed by atoms with Crippen LogP contribution in [0.1, 0.15) is 34.1 Å². The van der Waals surface area contributed by atoms with Gasteiger partial charge in [0.1, 0.15) is 18.0 Å². The lowest BCUT2D eigenvalue weighted by molar-refractivity contribution is 0.0174. The first-order valence-corrected chi connectivity index (χ1v) is 14.6. The van der Waals surface area contributed by atoms with E-state index in [4.69, 9.17) is 4.74 Å². The van der Waals surface area contributed by atoms with Gasteiger partial charge in [0.05, 0.1) is 13.2 Å². The van der Waals surface area contributed by atoms with Gasteiger partial charge in [0, 0.05) is 74.9 Å². The van der Waals surface area contributed by atoms with Gasteiger partial charge < -0.3 is 26.0 Å². The number of benzene rings is 2. The number of amides is 1. The first-order chi connectivity index (χ1) is 21.6. The summed E-state index contributed by atoms with van der Waals surface area (Å²) in [5.41, 5.74) is 3.47. The lowest BCUT2D eigenvalue weighted by atomic mass is 10.0. The Kier molecular flexibility index (Phi) is 9.69. The van der Waals surface area contributed by atoms with Crippen LogP contribution >= 0.6 is 0 Å². The summed E-state index contributed by atoms with van der Waals surface area (Å²) in [5.74, 6) is -1.72. The summed E-state index contributed by atoms with van der Waals surface area (Å²) in [6.07, 6.45) is 1.45. The highest BCUT2D eigenvalue weighted by Gasteiger charge is 2.24. The van der Waals surface area contributed by atoms with Gasteiger partial charge in [-0.05, 0) is 36.2 Å². The molecule has 0 bridgehead atoms. The van der Waals surface area contributed by atoms with Gasteiger partial charge >= 0.3 is 0 Å². The molecule has 2 aromatic carbocycles. The molecule has 1 amide bonds. The third-order valence-electron chi connectivity index (χ3n) is 7.39. The second-order valence-electron chi connectivity index (χ2n) is 10.8. The Morgan fingerprint density at radius 2 is 1.89 bits per heavy atom. The van der Waals surface area contributed by atoms with E-state index in [0.29, 0.717) is 40.9 Å². The van der Waals surface area contributed by atoms with E-state index >= 15 is 0 Å². The molecule has 1 aliphatic heterocycles. The molecule has 1 aliphatic rings. The number of aryl methyl sites for hydroxylation is 1. The first kappa shape index (κ1) is 31.5. The van der Waals surface area contributed by atoms with E-state index in [-0.39, 0.29) is 17.2 Å². The summed E-state index contributed by atoms with van der Waals surface area (Å²) in [6, 6.07) is 15.2. The summed E-state index contributed by atoms with van der Waals surface area (Å²) < 4.78 is 34.8. The van der Waals surface area contributed by atoms with E-state index in [1.54, 1.807) is 36.0 Å². The highest BCUT2D eigenvalue weighted by Crippen LogP contribution is 2.31. The molecular weight excluding hydrogens is 580 g/mol. The number of alkyl halides is 2. The van der Waals surface area contributed by atoms with Crippen molar-refractivity contribution in [2.75, 3.05) is 62.4 Å². The van der Waals surface area contributed by atoms with Crippen LogP contribution in [0.3, 0.4) is 0 Å². The van der Waals surface area contributed by atoms with Gasteiger partial charge in [-0.3, -0.25) is 9.69 Å². The molecule has 0 aliphatic carbocycles. The predicted octanol–water partition coefficient (Wildman–Crippen LogP) is 5.01. The molecule has 1 saturated heterocycles. The van der Waals surface area contributed by atoms with E-state index in [9.17, 15) is 13.6 Å². The first-order valence-electron chi connectivity index (χ1n) is 14.6. The molecule has 45 heavy (non-hydrogen) atoms. The number of hydrogen-bond donors (Lipinski definition) is 4. The second-order valence-corrected chi connectivity index (χ2v) is 10.8. The fraction of sp³-hybridized carbons (Fsp3) is 0.312. The lowest BCUT2D eigenvalue weighted by Crippen LogP contribution is -2.39. The summed E-state index contributed by atoms with van der Waals surface area (Å²) in [7, 11) is 1.54. The van der Waals surface area contributed by atoms with Crippen LogP contribution in [0.5, 0.6) is 0 Å². The molecule has 0 radical (unpaired) electrons. The smallest absolute Gasteiger partial charge is 0.271 e. The number of hydrogen-bond acceptors (Lipinski definition) is 9. The number of aromatic nitrogens is 4. The van der Waals surface area contributed by atoms with Crippen LogP contribution in [-0.4, -0.2) is 77.0 Å². The summed E-state index contributed by atoms with van der Waals surface area (Å²) in [4.78, 5) is 23.6. The maximum atomic E-state index is 13.9. The number of carbonyl (C=O) groups is 1. The molecule has 3 heterocycles. The van der Waals surface area contributed by atoms with Crippen LogP contribution in [0.25, 0.3) is 11.5 Å². The van der Waals surface area contributed by atoms with Crippen molar-refractivity contribution in [3.8, 4) is 5.82 Å². The molecule has 0 spiro atoms. The minimum absolute atomic E-state index is 0.0884. The summed E-state index contributed by atoms with van der Waals surface area (Å²) >= 11 is 0. The standard InChI is InChI=1S/C32H37F2N9O2/c1-21-8-9-25(39-22(2)23-6-5-7-24(16-23)32(3,33)34)17-26(21)40-30-18-27(31(44)35-4)41-43(30)29-19-28(37-20-38-29)36-10-11-42-12-14-45-15-13-42/h5-9,16-20,39-40H,2,10-15H2,1,3-4H3,(H,35,44)(H,36,37,38). The maximum absolute atomic E-state index is 13.9. The average Bonchev–Trinajstić information content (AvgIpc) is 3.46. The Bertz CT molecular complexity index is 1660. The van der Waals surface area contributed by atoms with Crippen molar-refractivity contribution in [2.24, 2.45) is 0 Å². The van der Waals surface area contributed by atoms with E-state index < -0.39 is 5.92 Å². The van der Waals surface area contributed by atoms with Gasteiger partial charge in [0.15, 0.2) is 11.5 Å². The Hall–Kier alpha value is -4.88. The van der Waals surface area contributed by atoms with E-state index in [1.807, 2.05) is 25.1 Å². The molecule has 1 fully saturated rings. The number of rotatable bonds is 12. The van der Waals surface area contributed by atoms with Crippen molar-refractivity contribution < 1.29 is 18.3 Å². The van der Waals surface area contributed by atoms with Crippen molar-refractivity contribution in [2.45, 2.75) is 19.8 Å². The molecule has 2 aromatic heterocycles. The number of anilines is 4. The molecule has 0 saturated carbocycles.